The number of hydrogen-bond acceptors (Lipinski definition) is 6. The van der Waals surface area contributed by atoms with E-state index in [4.69, 9.17) is 14.0 Å². The van der Waals surface area contributed by atoms with Gasteiger partial charge in [-0.2, -0.15) is 4.98 Å². The molecule has 0 unspecified atom stereocenters. The molecule has 0 radical (unpaired) electrons. The third-order valence-corrected chi connectivity index (χ3v) is 3.93. The second kappa shape index (κ2) is 8.49. The van der Waals surface area contributed by atoms with Crippen molar-refractivity contribution in [2.75, 3.05) is 27.3 Å². The van der Waals surface area contributed by atoms with Crippen LogP contribution < -0.4 is 9.47 Å². The van der Waals surface area contributed by atoms with Crippen molar-refractivity contribution in [3.63, 3.8) is 0 Å². The number of benzene rings is 2. The molecule has 1 aromatic heterocycles. The summed E-state index contributed by atoms with van der Waals surface area (Å²) in [6.45, 7) is 3.96. The molecule has 0 fully saturated rings. The summed E-state index contributed by atoms with van der Waals surface area (Å²) < 4.78 is 16.4. The molecule has 2 aromatic carbocycles. The molecule has 0 atom stereocenters. The Bertz CT molecular complexity index is 848. The summed E-state index contributed by atoms with van der Waals surface area (Å²) in [5.74, 6) is 2.78. The van der Waals surface area contributed by atoms with Crippen LogP contribution in [0, 0.1) is 6.92 Å². The van der Waals surface area contributed by atoms with Crippen LogP contribution in [-0.2, 0) is 6.54 Å². The van der Waals surface area contributed by atoms with Crippen LogP contribution in [0.15, 0.2) is 53.1 Å². The molecule has 6 heteroatoms. The van der Waals surface area contributed by atoms with E-state index in [1.165, 1.54) is 5.56 Å². The van der Waals surface area contributed by atoms with Crippen LogP contribution in [0.2, 0.25) is 0 Å². The number of aryl methyl sites for hydroxylation is 1. The third-order valence-electron chi connectivity index (χ3n) is 3.93. The topological polar surface area (TPSA) is 60.6 Å². The van der Waals surface area contributed by atoms with Crippen LogP contribution in [0.3, 0.4) is 0 Å². The molecule has 0 spiro atoms. The minimum Gasteiger partial charge on any atom is -0.497 e. The first-order valence-electron chi connectivity index (χ1n) is 8.49. The van der Waals surface area contributed by atoms with Gasteiger partial charge in [-0.15, -0.1) is 0 Å². The monoisotopic (exact) mass is 353 g/mol. The van der Waals surface area contributed by atoms with Crippen molar-refractivity contribution in [3.05, 3.63) is 60.0 Å². The largest absolute Gasteiger partial charge is 0.497 e. The Morgan fingerprint density at radius 3 is 2.69 bits per heavy atom. The Labute approximate surface area is 153 Å². The smallest absolute Gasteiger partial charge is 0.241 e. The van der Waals surface area contributed by atoms with Crippen molar-refractivity contribution in [1.82, 2.24) is 15.0 Å². The Morgan fingerprint density at radius 1 is 1.08 bits per heavy atom. The normalized spacial score (nSPS) is 10.9. The highest BCUT2D eigenvalue weighted by Crippen LogP contribution is 2.21. The first kappa shape index (κ1) is 17.9. The molecule has 0 aliphatic carbocycles. The average molecular weight is 353 g/mol. The zero-order valence-electron chi connectivity index (χ0n) is 15.3. The summed E-state index contributed by atoms with van der Waals surface area (Å²) in [5.41, 5.74) is 2.05. The van der Waals surface area contributed by atoms with E-state index in [1.807, 2.05) is 49.5 Å². The first-order chi connectivity index (χ1) is 12.6. The van der Waals surface area contributed by atoms with Gasteiger partial charge in [0.15, 0.2) is 0 Å². The summed E-state index contributed by atoms with van der Waals surface area (Å²) in [6, 6.07) is 15.6. The summed E-state index contributed by atoms with van der Waals surface area (Å²) in [5, 5.41) is 4.05. The minimum absolute atomic E-state index is 0.559. The molecule has 0 saturated heterocycles. The summed E-state index contributed by atoms with van der Waals surface area (Å²) in [7, 11) is 3.63. The number of nitrogens with zero attached hydrogens (tertiary/aromatic N) is 3. The summed E-state index contributed by atoms with van der Waals surface area (Å²) in [6.07, 6.45) is 0. The van der Waals surface area contributed by atoms with E-state index < -0.39 is 0 Å². The maximum absolute atomic E-state index is 5.77. The van der Waals surface area contributed by atoms with Gasteiger partial charge in [-0.25, -0.2) is 0 Å². The highest BCUT2D eigenvalue weighted by molar-refractivity contribution is 5.56. The number of rotatable bonds is 8. The molecular formula is C20H23N3O3. The SMILES string of the molecule is COc1cccc(-c2noc(CN(C)CCOc3cccc(C)c3)n2)c1. The van der Waals surface area contributed by atoms with E-state index in [1.54, 1.807) is 7.11 Å². The van der Waals surface area contributed by atoms with Gasteiger partial charge in [-0.05, 0) is 43.8 Å². The zero-order chi connectivity index (χ0) is 18.4. The van der Waals surface area contributed by atoms with Gasteiger partial charge in [0.25, 0.3) is 0 Å². The molecule has 136 valence electrons. The lowest BCUT2D eigenvalue weighted by molar-refractivity contribution is 0.213. The Morgan fingerprint density at radius 2 is 1.88 bits per heavy atom. The highest BCUT2D eigenvalue weighted by atomic mass is 16.5. The van der Waals surface area contributed by atoms with Gasteiger partial charge >= 0.3 is 0 Å². The lowest BCUT2D eigenvalue weighted by Crippen LogP contribution is -2.24. The number of methoxy groups -OCH3 is 1. The van der Waals surface area contributed by atoms with Gasteiger partial charge < -0.3 is 14.0 Å². The average Bonchev–Trinajstić information content (AvgIpc) is 3.10. The predicted molar refractivity (Wildman–Crippen MR) is 99.3 cm³/mol. The molecule has 0 aliphatic rings. The standard InChI is InChI=1S/C20H23N3O3/c1-15-6-4-9-18(12-15)25-11-10-23(2)14-19-21-20(22-26-19)16-7-5-8-17(13-16)24-3/h4-9,12-13H,10-11,14H2,1-3H3. The van der Waals surface area contributed by atoms with Gasteiger partial charge in [-0.1, -0.05) is 29.4 Å². The van der Waals surface area contributed by atoms with E-state index in [9.17, 15) is 0 Å². The molecule has 26 heavy (non-hydrogen) atoms. The molecule has 0 N–H and O–H groups in total. The van der Waals surface area contributed by atoms with Crippen LogP contribution in [0.5, 0.6) is 11.5 Å². The fourth-order valence-electron chi connectivity index (χ4n) is 2.53. The Balaban J connectivity index is 1.51. The van der Waals surface area contributed by atoms with E-state index in [0.29, 0.717) is 24.9 Å². The van der Waals surface area contributed by atoms with Crippen molar-refractivity contribution in [3.8, 4) is 22.9 Å². The van der Waals surface area contributed by atoms with Crippen molar-refractivity contribution >= 4 is 0 Å². The van der Waals surface area contributed by atoms with E-state index in [-0.39, 0.29) is 0 Å². The molecule has 1 heterocycles. The fraction of sp³-hybridized carbons (Fsp3) is 0.300. The fourth-order valence-corrected chi connectivity index (χ4v) is 2.53. The Kier molecular flexibility index (Phi) is 5.86. The van der Waals surface area contributed by atoms with Crippen LogP contribution >= 0.6 is 0 Å². The number of likely N-dealkylation sites (N-methyl/N-ethyl adjacent to an activating group) is 1. The molecule has 3 rings (SSSR count). The molecule has 0 aliphatic heterocycles. The molecule has 3 aromatic rings. The zero-order valence-corrected chi connectivity index (χ0v) is 15.3. The predicted octanol–water partition coefficient (Wildman–Crippen LogP) is 3.56. The molecule has 0 bridgehead atoms. The second-order valence-electron chi connectivity index (χ2n) is 6.15. The molecule has 0 saturated carbocycles. The van der Waals surface area contributed by atoms with Gasteiger partial charge in [-0.3, -0.25) is 4.90 Å². The van der Waals surface area contributed by atoms with Gasteiger partial charge in [0.1, 0.15) is 18.1 Å². The molecular weight excluding hydrogens is 330 g/mol. The Hall–Kier alpha value is -2.86. The second-order valence-corrected chi connectivity index (χ2v) is 6.15. The number of hydrogen-bond donors (Lipinski definition) is 0. The number of aromatic nitrogens is 2. The maximum Gasteiger partial charge on any atom is 0.241 e. The minimum atomic E-state index is 0.559. The van der Waals surface area contributed by atoms with Crippen LogP contribution in [-0.4, -0.2) is 42.3 Å². The quantitative estimate of drug-likeness (QED) is 0.617. The summed E-state index contributed by atoms with van der Waals surface area (Å²) >= 11 is 0. The van der Waals surface area contributed by atoms with Gasteiger partial charge in [0, 0.05) is 12.1 Å². The van der Waals surface area contributed by atoms with E-state index in [2.05, 4.69) is 28.0 Å². The van der Waals surface area contributed by atoms with Crippen molar-refractivity contribution in [2.45, 2.75) is 13.5 Å². The van der Waals surface area contributed by atoms with Crippen molar-refractivity contribution in [1.29, 1.82) is 0 Å². The van der Waals surface area contributed by atoms with Gasteiger partial charge in [0.2, 0.25) is 11.7 Å². The van der Waals surface area contributed by atoms with Gasteiger partial charge in [0.05, 0.1) is 13.7 Å². The van der Waals surface area contributed by atoms with E-state index >= 15 is 0 Å². The lowest BCUT2D eigenvalue weighted by Gasteiger charge is -2.14. The van der Waals surface area contributed by atoms with Crippen molar-refractivity contribution < 1.29 is 14.0 Å². The van der Waals surface area contributed by atoms with E-state index in [0.717, 1.165) is 23.6 Å². The third kappa shape index (κ3) is 4.83. The summed E-state index contributed by atoms with van der Waals surface area (Å²) in [4.78, 5) is 6.54. The van der Waals surface area contributed by atoms with Crippen LogP contribution in [0.1, 0.15) is 11.5 Å². The first-order valence-corrected chi connectivity index (χ1v) is 8.49. The van der Waals surface area contributed by atoms with Crippen molar-refractivity contribution in [2.24, 2.45) is 0 Å². The van der Waals surface area contributed by atoms with Crippen LogP contribution in [0.25, 0.3) is 11.4 Å². The molecule has 0 amide bonds. The van der Waals surface area contributed by atoms with Crippen LogP contribution in [0.4, 0.5) is 0 Å². The highest BCUT2D eigenvalue weighted by Gasteiger charge is 2.11. The number of ether oxygens (including phenoxy) is 2. The molecule has 6 nitrogen and oxygen atoms in total. The lowest BCUT2D eigenvalue weighted by atomic mass is 10.2. The maximum atomic E-state index is 5.77.